The number of benzene rings is 3. The number of nitrogens with one attached hydrogen (secondary N) is 2. The summed E-state index contributed by atoms with van der Waals surface area (Å²) in [6.45, 7) is 0. The minimum Gasteiger partial charge on any atom is -0.322 e. The second-order valence-corrected chi connectivity index (χ2v) is 7.00. The monoisotopic (exact) mass is 352 g/mol. The van der Waals surface area contributed by atoms with Crippen LogP contribution in [0, 0.1) is 0 Å². The number of carbonyl (C=O) groups is 1. The summed E-state index contributed by atoms with van der Waals surface area (Å²) >= 11 is 0. The summed E-state index contributed by atoms with van der Waals surface area (Å²) < 4.78 is 27.2. The number of hydrogen-bond acceptors (Lipinski definition) is 3. The molecule has 6 heteroatoms. The third kappa shape index (κ3) is 4.24. The molecule has 0 bridgehead atoms. The quantitative estimate of drug-likeness (QED) is 0.734. The largest absolute Gasteiger partial charge is 0.322 e. The molecule has 0 atom stereocenters. The van der Waals surface area contributed by atoms with E-state index in [1.54, 1.807) is 42.5 Å². The molecule has 3 aromatic rings. The molecule has 3 rings (SSSR count). The van der Waals surface area contributed by atoms with Crippen molar-refractivity contribution in [2.24, 2.45) is 0 Å². The van der Waals surface area contributed by atoms with Crippen molar-refractivity contribution < 1.29 is 13.2 Å². The van der Waals surface area contributed by atoms with Gasteiger partial charge in [-0.25, -0.2) is 8.42 Å². The first-order chi connectivity index (χ1) is 12.0. The van der Waals surface area contributed by atoms with Gasteiger partial charge in [-0.2, -0.15) is 0 Å². The first-order valence-corrected chi connectivity index (χ1v) is 9.07. The van der Waals surface area contributed by atoms with Gasteiger partial charge >= 0.3 is 0 Å². The van der Waals surface area contributed by atoms with E-state index in [2.05, 4.69) is 10.0 Å². The van der Waals surface area contributed by atoms with Crippen molar-refractivity contribution >= 4 is 27.3 Å². The van der Waals surface area contributed by atoms with E-state index in [4.69, 9.17) is 0 Å². The van der Waals surface area contributed by atoms with Crippen molar-refractivity contribution in [1.82, 2.24) is 0 Å². The topological polar surface area (TPSA) is 75.3 Å². The Bertz CT molecular complexity index is 955. The molecular weight excluding hydrogens is 336 g/mol. The summed E-state index contributed by atoms with van der Waals surface area (Å²) in [6.07, 6.45) is 0. The molecule has 0 fully saturated rings. The Morgan fingerprint density at radius 1 is 0.680 bits per heavy atom. The number of anilines is 2. The Hall–Kier alpha value is -3.12. The van der Waals surface area contributed by atoms with E-state index >= 15 is 0 Å². The molecule has 0 aliphatic carbocycles. The average Bonchev–Trinajstić information content (AvgIpc) is 2.63. The van der Waals surface area contributed by atoms with E-state index in [0.717, 1.165) is 0 Å². The van der Waals surface area contributed by atoms with Crippen LogP contribution < -0.4 is 10.0 Å². The lowest BCUT2D eigenvalue weighted by Crippen LogP contribution is -2.14. The smallest absolute Gasteiger partial charge is 0.261 e. The highest BCUT2D eigenvalue weighted by Crippen LogP contribution is 2.17. The van der Waals surface area contributed by atoms with E-state index < -0.39 is 10.0 Å². The van der Waals surface area contributed by atoms with Gasteiger partial charge in [-0.1, -0.05) is 36.4 Å². The fraction of sp³-hybridized carbons (Fsp3) is 0. The zero-order chi connectivity index (χ0) is 17.7. The molecule has 0 aromatic heterocycles. The maximum atomic E-state index is 12.4. The summed E-state index contributed by atoms with van der Waals surface area (Å²) in [6, 6.07) is 23.5. The van der Waals surface area contributed by atoms with Crippen LogP contribution in [-0.4, -0.2) is 14.3 Å². The zero-order valence-corrected chi connectivity index (χ0v) is 14.0. The summed E-state index contributed by atoms with van der Waals surface area (Å²) in [5, 5.41) is 2.75. The van der Waals surface area contributed by atoms with Crippen molar-refractivity contribution in [1.29, 1.82) is 0 Å². The number of rotatable bonds is 5. The van der Waals surface area contributed by atoms with Crippen LogP contribution in [0.4, 0.5) is 11.4 Å². The lowest BCUT2D eigenvalue weighted by molar-refractivity contribution is 0.102. The summed E-state index contributed by atoms with van der Waals surface area (Å²) in [5.41, 5.74) is 1.53. The van der Waals surface area contributed by atoms with Crippen LogP contribution in [0.25, 0.3) is 0 Å². The maximum absolute atomic E-state index is 12.4. The first kappa shape index (κ1) is 16.7. The molecule has 25 heavy (non-hydrogen) atoms. The fourth-order valence-corrected chi connectivity index (χ4v) is 3.29. The van der Waals surface area contributed by atoms with Crippen molar-refractivity contribution in [3.63, 3.8) is 0 Å². The molecule has 126 valence electrons. The van der Waals surface area contributed by atoms with E-state index in [1.165, 1.54) is 24.3 Å². The first-order valence-electron chi connectivity index (χ1n) is 7.59. The van der Waals surface area contributed by atoms with Crippen LogP contribution in [0.15, 0.2) is 89.8 Å². The molecule has 3 aromatic carbocycles. The van der Waals surface area contributed by atoms with Crippen LogP contribution in [-0.2, 0) is 10.0 Å². The number of carbonyl (C=O) groups excluding carboxylic acids is 1. The van der Waals surface area contributed by atoms with Crippen LogP contribution in [0.2, 0.25) is 0 Å². The van der Waals surface area contributed by atoms with Crippen molar-refractivity contribution in [2.45, 2.75) is 4.90 Å². The molecule has 0 heterocycles. The highest BCUT2D eigenvalue weighted by molar-refractivity contribution is 7.92. The Morgan fingerprint density at radius 3 is 1.76 bits per heavy atom. The van der Waals surface area contributed by atoms with Crippen LogP contribution in [0.5, 0.6) is 0 Å². The van der Waals surface area contributed by atoms with Gasteiger partial charge in [0.15, 0.2) is 0 Å². The molecule has 0 saturated heterocycles. The molecule has 5 nitrogen and oxygen atoms in total. The van der Waals surface area contributed by atoms with Gasteiger partial charge in [0.1, 0.15) is 0 Å². The normalized spacial score (nSPS) is 10.9. The van der Waals surface area contributed by atoms with Gasteiger partial charge in [0.05, 0.1) is 4.90 Å². The minimum absolute atomic E-state index is 0.0904. The Balaban J connectivity index is 1.74. The molecule has 0 aliphatic heterocycles. The van der Waals surface area contributed by atoms with Crippen molar-refractivity contribution in [2.75, 3.05) is 10.0 Å². The van der Waals surface area contributed by atoms with Gasteiger partial charge in [0.2, 0.25) is 0 Å². The van der Waals surface area contributed by atoms with Crippen molar-refractivity contribution in [3.8, 4) is 0 Å². The Kier molecular flexibility index (Phi) is 4.81. The molecular formula is C19H16N2O3S. The van der Waals surface area contributed by atoms with Crippen LogP contribution in [0.1, 0.15) is 10.4 Å². The summed E-state index contributed by atoms with van der Waals surface area (Å²) in [4.78, 5) is 12.3. The number of para-hydroxylation sites is 2. The molecule has 2 N–H and O–H groups in total. The van der Waals surface area contributed by atoms with Gasteiger partial charge in [-0.15, -0.1) is 0 Å². The predicted molar refractivity (Wildman–Crippen MR) is 98.1 cm³/mol. The third-order valence-corrected chi connectivity index (χ3v) is 4.88. The minimum atomic E-state index is -3.70. The van der Waals surface area contributed by atoms with Crippen molar-refractivity contribution in [3.05, 3.63) is 90.5 Å². The summed E-state index contributed by atoms with van der Waals surface area (Å²) in [7, 11) is -3.70. The molecule has 0 saturated carbocycles. The van der Waals surface area contributed by atoms with E-state index in [0.29, 0.717) is 16.9 Å². The second-order valence-electron chi connectivity index (χ2n) is 5.32. The number of amides is 1. The lowest BCUT2D eigenvalue weighted by atomic mass is 10.2. The van der Waals surface area contributed by atoms with Crippen LogP contribution in [0.3, 0.4) is 0 Å². The molecule has 0 unspecified atom stereocenters. The maximum Gasteiger partial charge on any atom is 0.261 e. The van der Waals surface area contributed by atoms with Gasteiger partial charge in [0.25, 0.3) is 15.9 Å². The fourth-order valence-electron chi connectivity index (χ4n) is 2.23. The SMILES string of the molecule is O=C(Nc1ccccc1)c1ccc(S(=O)(=O)Nc2ccccc2)cc1. The highest BCUT2D eigenvalue weighted by atomic mass is 32.2. The van der Waals surface area contributed by atoms with E-state index in [1.807, 2.05) is 18.2 Å². The van der Waals surface area contributed by atoms with Crippen LogP contribution >= 0.6 is 0 Å². The molecule has 0 radical (unpaired) electrons. The lowest BCUT2D eigenvalue weighted by Gasteiger charge is -2.09. The van der Waals surface area contributed by atoms with Gasteiger partial charge < -0.3 is 5.32 Å². The Labute approximate surface area is 146 Å². The molecule has 0 spiro atoms. The zero-order valence-electron chi connectivity index (χ0n) is 13.2. The highest BCUT2D eigenvalue weighted by Gasteiger charge is 2.15. The number of sulfonamides is 1. The summed E-state index contributed by atoms with van der Waals surface area (Å²) in [5.74, 6) is -0.300. The van der Waals surface area contributed by atoms with E-state index in [9.17, 15) is 13.2 Å². The Morgan fingerprint density at radius 2 is 1.20 bits per heavy atom. The van der Waals surface area contributed by atoms with Gasteiger partial charge in [-0.05, 0) is 48.5 Å². The predicted octanol–water partition coefficient (Wildman–Crippen LogP) is 3.74. The molecule has 1 amide bonds. The average molecular weight is 352 g/mol. The van der Waals surface area contributed by atoms with E-state index in [-0.39, 0.29) is 10.8 Å². The molecule has 0 aliphatic rings. The van der Waals surface area contributed by atoms with Gasteiger partial charge in [-0.3, -0.25) is 9.52 Å². The standard InChI is InChI=1S/C19H16N2O3S/c22-19(20-16-7-3-1-4-8-16)15-11-13-18(14-12-15)25(23,24)21-17-9-5-2-6-10-17/h1-14,21H,(H,20,22). The van der Waals surface area contributed by atoms with Gasteiger partial charge in [0, 0.05) is 16.9 Å². The second kappa shape index (κ2) is 7.19. The third-order valence-electron chi connectivity index (χ3n) is 3.48. The number of hydrogen-bond donors (Lipinski definition) is 2.